The normalized spacial score (nSPS) is 12.9. The van der Waals surface area contributed by atoms with Gasteiger partial charge in [0.2, 0.25) is 0 Å². The molecular weight excluding hydrogens is 242 g/mol. The van der Waals surface area contributed by atoms with Gasteiger partial charge in [-0.3, -0.25) is 4.79 Å². The average molecular weight is 265 g/mol. The lowest BCUT2D eigenvalue weighted by molar-refractivity contribution is 0.0919. The first-order chi connectivity index (χ1) is 8.85. The fourth-order valence-corrected chi connectivity index (χ4v) is 1.54. The van der Waals surface area contributed by atoms with E-state index in [1.54, 1.807) is 24.3 Å². The number of nitrogens with one attached hydrogen (secondary N) is 1. The molecule has 0 aliphatic heterocycles. The molecule has 4 nitrogen and oxygen atoms in total. The second kappa shape index (κ2) is 6.57. The second-order valence-corrected chi connectivity index (χ2v) is 5.56. The molecule has 0 heterocycles. The van der Waals surface area contributed by atoms with Crippen molar-refractivity contribution in [1.82, 2.24) is 5.32 Å². The number of aliphatic hydroxyl groups is 1. The maximum Gasteiger partial charge on any atom is 0.251 e. The van der Waals surface area contributed by atoms with Gasteiger partial charge in [0.1, 0.15) is 11.9 Å². The van der Waals surface area contributed by atoms with Gasteiger partial charge in [0.15, 0.2) is 0 Å². The number of benzene rings is 1. The maximum atomic E-state index is 11.9. The van der Waals surface area contributed by atoms with Gasteiger partial charge in [-0.05, 0) is 51.5 Å². The first-order valence-electron chi connectivity index (χ1n) is 6.56. The van der Waals surface area contributed by atoms with Crippen molar-refractivity contribution in [1.29, 1.82) is 0 Å². The molecule has 0 radical (unpaired) electrons. The lowest BCUT2D eigenvalue weighted by atomic mass is 10.1. The Hall–Kier alpha value is -1.55. The molecule has 1 aromatic rings. The standard InChI is InChI=1S/C15H23NO3/c1-5-12(10-17)19-13-8-6-11(7-9-13)14(18)16-15(2,3)4/h6-9,12,17H,5,10H2,1-4H3,(H,16,18). The molecule has 19 heavy (non-hydrogen) atoms. The lowest BCUT2D eigenvalue weighted by Crippen LogP contribution is -2.40. The summed E-state index contributed by atoms with van der Waals surface area (Å²) in [6, 6.07) is 6.94. The number of rotatable bonds is 5. The van der Waals surface area contributed by atoms with Crippen molar-refractivity contribution < 1.29 is 14.6 Å². The van der Waals surface area contributed by atoms with Crippen molar-refractivity contribution in [2.45, 2.75) is 45.8 Å². The van der Waals surface area contributed by atoms with E-state index in [0.29, 0.717) is 11.3 Å². The zero-order valence-corrected chi connectivity index (χ0v) is 12.1. The summed E-state index contributed by atoms with van der Waals surface area (Å²) in [5, 5.41) is 12.0. The van der Waals surface area contributed by atoms with Crippen LogP contribution < -0.4 is 10.1 Å². The van der Waals surface area contributed by atoms with Gasteiger partial charge >= 0.3 is 0 Å². The smallest absolute Gasteiger partial charge is 0.251 e. The van der Waals surface area contributed by atoms with Crippen LogP contribution in [-0.4, -0.2) is 29.3 Å². The molecule has 1 amide bonds. The molecule has 0 bridgehead atoms. The number of amides is 1. The Bertz CT molecular complexity index is 402. The van der Waals surface area contributed by atoms with Gasteiger partial charge in [-0.25, -0.2) is 0 Å². The highest BCUT2D eigenvalue weighted by Gasteiger charge is 2.15. The van der Waals surface area contributed by atoms with Crippen molar-refractivity contribution in [3.8, 4) is 5.75 Å². The highest BCUT2D eigenvalue weighted by molar-refractivity contribution is 5.94. The van der Waals surface area contributed by atoms with Crippen LogP contribution >= 0.6 is 0 Å². The predicted molar refractivity (Wildman–Crippen MR) is 75.5 cm³/mol. The van der Waals surface area contributed by atoms with Crippen molar-refractivity contribution in [2.75, 3.05) is 6.61 Å². The van der Waals surface area contributed by atoms with E-state index in [-0.39, 0.29) is 24.2 Å². The van der Waals surface area contributed by atoms with Gasteiger partial charge in [-0.1, -0.05) is 6.92 Å². The summed E-state index contributed by atoms with van der Waals surface area (Å²) in [6.07, 6.45) is 0.539. The van der Waals surface area contributed by atoms with Crippen LogP contribution in [0.15, 0.2) is 24.3 Å². The quantitative estimate of drug-likeness (QED) is 0.859. The first kappa shape index (κ1) is 15.5. The van der Waals surface area contributed by atoms with Gasteiger partial charge in [0.25, 0.3) is 5.91 Å². The van der Waals surface area contributed by atoms with Gasteiger partial charge in [-0.15, -0.1) is 0 Å². The van der Waals surface area contributed by atoms with Gasteiger partial charge in [-0.2, -0.15) is 0 Å². The summed E-state index contributed by atoms with van der Waals surface area (Å²) in [5.74, 6) is 0.557. The van der Waals surface area contributed by atoms with Crippen LogP contribution in [0.25, 0.3) is 0 Å². The zero-order valence-electron chi connectivity index (χ0n) is 12.1. The zero-order chi connectivity index (χ0) is 14.5. The van der Waals surface area contributed by atoms with Crippen LogP contribution in [0.5, 0.6) is 5.75 Å². The highest BCUT2D eigenvalue weighted by Crippen LogP contribution is 2.15. The largest absolute Gasteiger partial charge is 0.488 e. The molecule has 1 rings (SSSR count). The molecule has 1 unspecified atom stereocenters. The highest BCUT2D eigenvalue weighted by atomic mass is 16.5. The number of hydrogen-bond acceptors (Lipinski definition) is 3. The molecule has 0 saturated carbocycles. The number of carbonyl (C=O) groups excluding carboxylic acids is 1. The molecule has 0 saturated heterocycles. The number of aliphatic hydroxyl groups excluding tert-OH is 1. The Balaban J connectivity index is 2.68. The van der Waals surface area contributed by atoms with E-state index in [9.17, 15) is 4.79 Å². The number of hydrogen-bond donors (Lipinski definition) is 2. The third-order valence-corrected chi connectivity index (χ3v) is 2.57. The van der Waals surface area contributed by atoms with Crippen LogP contribution in [0.1, 0.15) is 44.5 Å². The molecule has 2 N–H and O–H groups in total. The molecule has 0 aromatic heterocycles. The summed E-state index contributed by atoms with van der Waals surface area (Å²) < 4.78 is 5.57. The fourth-order valence-electron chi connectivity index (χ4n) is 1.54. The van der Waals surface area contributed by atoms with E-state index >= 15 is 0 Å². The molecular formula is C15H23NO3. The Labute approximate surface area is 114 Å². The Morgan fingerprint density at radius 2 is 1.89 bits per heavy atom. The summed E-state index contributed by atoms with van der Waals surface area (Å²) in [5.41, 5.74) is 0.343. The summed E-state index contributed by atoms with van der Waals surface area (Å²) in [4.78, 5) is 11.9. The Morgan fingerprint density at radius 1 is 1.32 bits per heavy atom. The monoisotopic (exact) mass is 265 g/mol. The van der Waals surface area contributed by atoms with Crippen molar-refractivity contribution in [3.63, 3.8) is 0 Å². The Morgan fingerprint density at radius 3 is 2.32 bits per heavy atom. The van der Waals surface area contributed by atoms with Gasteiger partial charge < -0.3 is 15.2 Å². The minimum Gasteiger partial charge on any atom is -0.488 e. The van der Waals surface area contributed by atoms with Crippen LogP contribution in [0, 0.1) is 0 Å². The average Bonchev–Trinajstić information content (AvgIpc) is 2.34. The lowest BCUT2D eigenvalue weighted by Gasteiger charge is -2.20. The van der Waals surface area contributed by atoms with Gasteiger partial charge in [0.05, 0.1) is 6.61 Å². The van der Waals surface area contributed by atoms with Crippen molar-refractivity contribution in [3.05, 3.63) is 29.8 Å². The predicted octanol–water partition coefficient (Wildman–Crippen LogP) is 2.36. The molecule has 0 aliphatic rings. The fraction of sp³-hybridized carbons (Fsp3) is 0.533. The molecule has 0 fully saturated rings. The minimum atomic E-state index is -0.254. The molecule has 1 atom stereocenters. The van der Waals surface area contributed by atoms with Crippen molar-refractivity contribution in [2.24, 2.45) is 0 Å². The van der Waals surface area contributed by atoms with E-state index in [1.807, 2.05) is 27.7 Å². The van der Waals surface area contributed by atoms with E-state index in [2.05, 4.69) is 5.32 Å². The summed E-state index contributed by atoms with van der Waals surface area (Å²) in [7, 11) is 0. The molecule has 4 heteroatoms. The SMILES string of the molecule is CCC(CO)Oc1ccc(C(=O)NC(C)(C)C)cc1. The second-order valence-electron chi connectivity index (χ2n) is 5.56. The third-order valence-electron chi connectivity index (χ3n) is 2.57. The van der Waals surface area contributed by atoms with Crippen LogP contribution in [0.4, 0.5) is 0 Å². The first-order valence-corrected chi connectivity index (χ1v) is 6.56. The third kappa shape index (κ3) is 5.30. The molecule has 106 valence electrons. The number of carbonyl (C=O) groups is 1. The van der Waals surface area contributed by atoms with Crippen LogP contribution in [-0.2, 0) is 0 Å². The van der Waals surface area contributed by atoms with E-state index in [0.717, 1.165) is 6.42 Å². The summed E-state index contributed by atoms with van der Waals surface area (Å²) >= 11 is 0. The number of ether oxygens (including phenoxy) is 1. The van der Waals surface area contributed by atoms with Crippen LogP contribution in [0.3, 0.4) is 0 Å². The van der Waals surface area contributed by atoms with E-state index < -0.39 is 0 Å². The minimum absolute atomic E-state index is 0.0111. The Kier molecular flexibility index (Phi) is 5.36. The van der Waals surface area contributed by atoms with Crippen LogP contribution in [0.2, 0.25) is 0 Å². The molecule has 1 aromatic carbocycles. The van der Waals surface area contributed by atoms with Gasteiger partial charge in [0, 0.05) is 11.1 Å². The van der Waals surface area contributed by atoms with Crippen molar-refractivity contribution >= 4 is 5.91 Å². The van der Waals surface area contributed by atoms with E-state index in [1.165, 1.54) is 0 Å². The summed E-state index contributed by atoms with van der Waals surface area (Å²) in [6.45, 7) is 7.76. The molecule has 0 spiro atoms. The topological polar surface area (TPSA) is 58.6 Å². The van der Waals surface area contributed by atoms with E-state index in [4.69, 9.17) is 9.84 Å². The molecule has 0 aliphatic carbocycles. The maximum absolute atomic E-state index is 11.9.